The zero-order chi connectivity index (χ0) is 12.0. The quantitative estimate of drug-likeness (QED) is 0.773. The molecule has 1 aromatic rings. The lowest BCUT2D eigenvalue weighted by Gasteiger charge is -2.08. The largest absolute Gasteiger partial charge is 0.351 e. The van der Waals surface area contributed by atoms with E-state index in [-0.39, 0.29) is 5.91 Å². The van der Waals surface area contributed by atoms with Gasteiger partial charge < -0.3 is 10.6 Å². The molecule has 16 heavy (non-hydrogen) atoms. The molecule has 1 aromatic carbocycles. The van der Waals surface area contributed by atoms with E-state index in [0.29, 0.717) is 17.1 Å². The SMILES string of the molecule is CCNCCNC(=O)c1cc(Cl)ccc1C. The van der Waals surface area contributed by atoms with E-state index in [2.05, 4.69) is 10.6 Å². The Labute approximate surface area is 101 Å². The van der Waals surface area contributed by atoms with Crippen molar-refractivity contribution in [2.45, 2.75) is 13.8 Å². The Morgan fingerprint density at radius 2 is 2.12 bits per heavy atom. The molecule has 3 nitrogen and oxygen atoms in total. The molecule has 0 heterocycles. The van der Waals surface area contributed by atoms with Gasteiger partial charge in [0.15, 0.2) is 0 Å². The van der Waals surface area contributed by atoms with Crippen LogP contribution < -0.4 is 10.6 Å². The molecular formula is C12H17ClN2O. The van der Waals surface area contributed by atoms with Crippen LogP contribution in [0.4, 0.5) is 0 Å². The van der Waals surface area contributed by atoms with E-state index in [1.165, 1.54) is 0 Å². The Hall–Kier alpha value is -1.06. The zero-order valence-electron chi connectivity index (χ0n) is 9.64. The first-order valence-corrected chi connectivity index (χ1v) is 5.78. The Morgan fingerprint density at radius 1 is 1.38 bits per heavy atom. The van der Waals surface area contributed by atoms with Crippen LogP contribution in [0.2, 0.25) is 5.02 Å². The van der Waals surface area contributed by atoms with Crippen LogP contribution >= 0.6 is 11.6 Å². The third-order valence-electron chi connectivity index (χ3n) is 2.28. The van der Waals surface area contributed by atoms with Crippen molar-refractivity contribution in [1.29, 1.82) is 0 Å². The van der Waals surface area contributed by atoms with Crippen molar-refractivity contribution >= 4 is 17.5 Å². The van der Waals surface area contributed by atoms with Crippen molar-refractivity contribution in [3.05, 3.63) is 34.3 Å². The molecule has 1 rings (SSSR count). The van der Waals surface area contributed by atoms with Gasteiger partial charge in [0.25, 0.3) is 5.91 Å². The smallest absolute Gasteiger partial charge is 0.251 e. The fourth-order valence-corrected chi connectivity index (χ4v) is 1.55. The summed E-state index contributed by atoms with van der Waals surface area (Å²) in [4.78, 5) is 11.8. The number of aryl methyl sites for hydroxylation is 1. The number of amides is 1. The van der Waals surface area contributed by atoms with Gasteiger partial charge in [0.1, 0.15) is 0 Å². The van der Waals surface area contributed by atoms with Crippen molar-refractivity contribution in [1.82, 2.24) is 10.6 Å². The lowest BCUT2D eigenvalue weighted by Crippen LogP contribution is -2.32. The van der Waals surface area contributed by atoms with Gasteiger partial charge in [-0.25, -0.2) is 0 Å². The molecule has 0 unspecified atom stereocenters. The molecule has 0 aromatic heterocycles. The van der Waals surface area contributed by atoms with Gasteiger partial charge in [-0.1, -0.05) is 24.6 Å². The molecule has 0 bridgehead atoms. The van der Waals surface area contributed by atoms with Crippen LogP contribution in [0.15, 0.2) is 18.2 Å². The molecule has 1 amide bonds. The fourth-order valence-electron chi connectivity index (χ4n) is 1.38. The number of carbonyl (C=O) groups excluding carboxylic acids is 1. The molecule has 0 aliphatic heterocycles. The second-order valence-corrected chi connectivity index (χ2v) is 4.01. The second kappa shape index (κ2) is 6.51. The molecular weight excluding hydrogens is 224 g/mol. The summed E-state index contributed by atoms with van der Waals surface area (Å²) in [5, 5.41) is 6.57. The standard InChI is InChI=1S/C12H17ClN2O/c1-3-14-6-7-15-12(16)11-8-10(13)5-4-9(11)2/h4-5,8,14H,3,6-7H2,1-2H3,(H,15,16). The van der Waals surface area contributed by atoms with E-state index >= 15 is 0 Å². The van der Waals surface area contributed by atoms with Gasteiger partial charge in [0, 0.05) is 23.7 Å². The molecule has 0 saturated heterocycles. The van der Waals surface area contributed by atoms with Gasteiger partial charge in [-0.15, -0.1) is 0 Å². The highest BCUT2D eigenvalue weighted by atomic mass is 35.5. The summed E-state index contributed by atoms with van der Waals surface area (Å²) < 4.78 is 0. The van der Waals surface area contributed by atoms with E-state index in [0.717, 1.165) is 18.7 Å². The Bertz CT molecular complexity index is 366. The number of carbonyl (C=O) groups is 1. The average molecular weight is 241 g/mol. The summed E-state index contributed by atoms with van der Waals surface area (Å²) >= 11 is 5.85. The van der Waals surface area contributed by atoms with Crippen molar-refractivity contribution in [3.8, 4) is 0 Å². The fraction of sp³-hybridized carbons (Fsp3) is 0.417. The molecule has 0 spiro atoms. The summed E-state index contributed by atoms with van der Waals surface area (Å²) in [6, 6.07) is 5.33. The normalized spacial score (nSPS) is 10.2. The summed E-state index contributed by atoms with van der Waals surface area (Å²) in [6.07, 6.45) is 0. The maximum Gasteiger partial charge on any atom is 0.251 e. The molecule has 0 fully saturated rings. The first-order valence-electron chi connectivity index (χ1n) is 5.40. The van der Waals surface area contributed by atoms with Gasteiger partial charge in [-0.2, -0.15) is 0 Å². The van der Waals surface area contributed by atoms with Gasteiger partial charge >= 0.3 is 0 Å². The minimum Gasteiger partial charge on any atom is -0.351 e. The lowest BCUT2D eigenvalue weighted by molar-refractivity contribution is 0.0953. The number of rotatable bonds is 5. The van der Waals surface area contributed by atoms with Gasteiger partial charge in [-0.05, 0) is 31.2 Å². The van der Waals surface area contributed by atoms with E-state index in [1.54, 1.807) is 12.1 Å². The van der Waals surface area contributed by atoms with E-state index in [1.807, 2.05) is 19.9 Å². The molecule has 0 aliphatic carbocycles. The summed E-state index contributed by atoms with van der Waals surface area (Å²) in [5.74, 6) is -0.0714. The van der Waals surface area contributed by atoms with Crippen molar-refractivity contribution in [3.63, 3.8) is 0 Å². The predicted molar refractivity (Wildman–Crippen MR) is 67.1 cm³/mol. The Morgan fingerprint density at radius 3 is 2.81 bits per heavy atom. The minimum atomic E-state index is -0.0714. The number of likely N-dealkylation sites (N-methyl/N-ethyl adjacent to an activating group) is 1. The Balaban J connectivity index is 2.55. The molecule has 88 valence electrons. The van der Waals surface area contributed by atoms with Crippen molar-refractivity contribution in [2.75, 3.05) is 19.6 Å². The molecule has 4 heteroatoms. The second-order valence-electron chi connectivity index (χ2n) is 3.57. The van der Waals surface area contributed by atoms with Gasteiger partial charge in [0.05, 0.1) is 0 Å². The van der Waals surface area contributed by atoms with Crippen LogP contribution in [0.25, 0.3) is 0 Å². The van der Waals surface area contributed by atoms with Crippen molar-refractivity contribution < 1.29 is 4.79 Å². The molecule has 0 aliphatic rings. The van der Waals surface area contributed by atoms with E-state index in [4.69, 9.17) is 11.6 Å². The maximum absolute atomic E-state index is 11.8. The van der Waals surface area contributed by atoms with Crippen LogP contribution in [-0.4, -0.2) is 25.5 Å². The van der Waals surface area contributed by atoms with E-state index < -0.39 is 0 Å². The highest BCUT2D eigenvalue weighted by Gasteiger charge is 2.08. The third-order valence-corrected chi connectivity index (χ3v) is 2.52. The maximum atomic E-state index is 11.8. The van der Waals surface area contributed by atoms with Crippen LogP contribution in [0.1, 0.15) is 22.8 Å². The number of hydrogen-bond donors (Lipinski definition) is 2. The van der Waals surface area contributed by atoms with Crippen LogP contribution in [0.5, 0.6) is 0 Å². The topological polar surface area (TPSA) is 41.1 Å². The summed E-state index contributed by atoms with van der Waals surface area (Å²) in [7, 11) is 0. The average Bonchev–Trinajstić information content (AvgIpc) is 2.27. The highest BCUT2D eigenvalue weighted by molar-refractivity contribution is 6.31. The number of nitrogens with one attached hydrogen (secondary N) is 2. The number of halogens is 1. The van der Waals surface area contributed by atoms with Crippen molar-refractivity contribution in [2.24, 2.45) is 0 Å². The van der Waals surface area contributed by atoms with Gasteiger partial charge in [0.2, 0.25) is 0 Å². The summed E-state index contributed by atoms with van der Waals surface area (Å²) in [5.41, 5.74) is 1.58. The van der Waals surface area contributed by atoms with E-state index in [9.17, 15) is 4.79 Å². The van der Waals surface area contributed by atoms with Crippen LogP contribution in [0, 0.1) is 6.92 Å². The number of hydrogen-bond acceptors (Lipinski definition) is 2. The molecule has 2 N–H and O–H groups in total. The first kappa shape index (κ1) is 13.0. The minimum absolute atomic E-state index is 0.0714. The lowest BCUT2D eigenvalue weighted by atomic mass is 10.1. The highest BCUT2D eigenvalue weighted by Crippen LogP contribution is 2.14. The van der Waals surface area contributed by atoms with Crippen LogP contribution in [-0.2, 0) is 0 Å². The van der Waals surface area contributed by atoms with Crippen LogP contribution in [0.3, 0.4) is 0 Å². The number of benzene rings is 1. The Kier molecular flexibility index (Phi) is 5.29. The third kappa shape index (κ3) is 3.83. The molecule has 0 radical (unpaired) electrons. The molecule has 0 saturated carbocycles. The predicted octanol–water partition coefficient (Wildman–Crippen LogP) is 1.99. The first-order chi connectivity index (χ1) is 7.65. The van der Waals surface area contributed by atoms with Gasteiger partial charge in [-0.3, -0.25) is 4.79 Å². The monoisotopic (exact) mass is 240 g/mol. The molecule has 0 atom stereocenters. The summed E-state index contributed by atoms with van der Waals surface area (Å²) in [6.45, 7) is 6.24. The zero-order valence-corrected chi connectivity index (χ0v) is 10.4.